The molecule has 5 N–H and O–H groups in total. The monoisotopic (exact) mass is 774 g/mol. The number of carbonyl (C=O) groups is 2. The summed E-state index contributed by atoms with van der Waals surface area (Å²) in [5.41, 5.74) is 5.62. The van der Waals surface area contributed by atoms with Gasteiger partial charge in [-0.1, -0.05) is 11.6 Å². The van der Waals surface area contributed by atoms with Crippen LogP contribution in [0.25, 0.3) is 21.8 Å². The molecular formula is C37H24ClF5N8O4. The summed E-state index contributed by atoms with van der Waals surface area (Å²) >= 11 is 5.57. The summed E-state index contributed by atoms with van der Waals surface area (Å²) in [7, 11) is 0. The van der Waals surface area contributed by atoms with E-state index in [0.29, 0.717) is 39.3 Å². The first kappa shape index (κ1) is 37.6. The highest BCUT2D eigenvalue weighted by atomic mass is 35.5. The fourth-order valence-corrected chi connectivity index (χ4v) is 4.96. The second kappa shape index (κ2) is 16.3. The Hall–Kier alpha value is -7.14. The minimum atomic E-state index is -4.65. The first-order valence-electron chi connectivity index (χ1n) is 15.7. The number of fused-ring (bicyclic) bond motifs is 2. The number of halogens is 6. The summed E-state index contributed by atoms with van der Waals surface area (Å²) < 4.78 is 76.5. The van der Waals surface area contributed by atoms with Crippen LogP contribution in [0.3, 0.4) is 0 Å². The van der Waals surface area contributed by atoms with Gasteiger partial charge in [0.25, 0.3) is 0 Å². The molecule has 0 atom stereocenters. The maximum atomic E-state index is 13.4. The van der Waals surface area contributed by atoms with E-state index < -0.39 is 34.6 Å². The van der Waals surface area contributed by atoms with Gasteiger partial charge >= 0.3 is 30.3 Å². The van der Waals surface area contributed by atoms with Crippen molar-refractivity contribution in [3.8, 4) is 23.5 Å². The summed E-state index contributed by atoms with van der Waals surface area (Å²) in [6.07, 6.45) is -1.59. The number of ether oxygens (including phenoxy) is 2. The van der Waals surface area contributed by atoms with E-state index in [1.54, 1.807) is 42.6 Å². The van der Waals surface area contributed by atoms with Crippen molar-refractivity contribution in [2.75, 3.05) is 16.0 Å². The van der Waals surface area contributed by atoms with Crippen LogP contribution in [0.1, 0.15) is 5.56 Å². The van der Waals surface area contributed by atoms with Gasteiger partial charge in [0.2, 0.25) is 0 Å². The average Bonchev–Trinajstić information content (AvgIpc) is 3.13. The third-order valence-corrected chi connectivity index (χ3v) is 7.56. The van der Waals surface area contributed by atoms with E-state index in [-0.39, 0.29) is 23.5 Å². The predicted octanol–water partition coefficient (Wildman–Crippen LogP) is 9.93. The Bertz CT molecular complexity index is 2510. The summed E-state index contributed by atoms with van der Waals surface area (Å²) in [5.74, 6) is 0.0168. The fraction of sp³-hybridized carbons (Fsp3) is 0.0270. The van der Waals surface area contributed by atoms with Crippen molar-refractivity contribution in [1.29, 1.82) is 0 Å². The lowest BCUT2D eigenvalue weighted by Gasteiger charge is -2.12. The molecule has 0 aliphatic heterocycles. The van der Waals surface area contributed by atoms with Crippen molar-refractivity contribution in [3.05, 3.63) is 138 Å². The minimum Gasteiger partial charge on any atom is -0.424 e. The van der Waals surface area contributed by atoms with Crippen molar-refractivity contribution in [2.45, 2.75) is 6.18 Å². The second-order valence-electron chi connectivity index (χ2n) is 11.2. The van der Waals surface area contributed by atoms with Crippen LogP contribution in [-0.2, 0) is 6.18 Å². The van der Waals surface area contributed by atoms with Crippen molar-refractivity contribution < 1.29 is 41.0 Å². The Morgan fingerprint density at radius 3 is 1.55 bits per heavy atom. The number of benzene rings is 5. The zero-order valence-electron chi connectivity index (χ0n) is 27.7. The van der Waals surface area contributed by atoms with E-state index in [9.17, 15) is 31.5 Å². The maximum Gasteiger partial charge on any atom is 0.417 e. The smallest absolute Gasteiger partial charge is 0.417 e. The van der Waals surface area contributed by atoms with Crippen LogP contribution in [0.2, 0.25) is 5.02 Å². The summed E-state index contributed by atoms with van der Waals surface area (Å²) in [6.45, 7) is 0. The van der Waals surface area contributed by atoms with Crippen LogP contribution in [-0.4, -0.2) is 32.0 Å². The van der Waals surface area contributed by atoms with Gasteiger partial charge in [0.1, 0.15) is 23.1 Å². The van der Waals surface area contributed by atoms with Gasteiger partial charge in [0.05, 0.1) is 21.6 Å². The second-order valence-corrected chi connectivity index (χ2v) is 11.6. The van der Waals surface area contributed by atoms with E-state index >= 15 is 0 Å². The number of rotatable bonds is 7. The lowest BCUT2D eigenvalue weighted by Crippen LogP contribution is -2.19. The summed E-state index contributed by atoms with van der Waals surface area (Å²) in [6, 6.07) is 22.7. The summed E-state index contributed by atoms with van der Waals surface area (Å²) in [5, 5.41) is 8.14. The molecule has 2 aromatic heterocycles. The zero-order valence-corrected chi connectivity index (χ0v) is 28.5. The number of anilines is 3. The van der Waals surface area contributed by atoms with Crippen LogP contribution in [0.4, 0.5) is 48.6 Å². The van der Waals surface area contributed by atoms with E-state index in [0.717, 1.165) is 17.5 Å². The number of primary amides is 1. The highest BCUT2D eigenvalue weighted by molar-refractivity contribution is 6.31. The molecule has 7 aromatic rings. The molecule has 0 saturated carbocycles. The SMILES string of the molecule is NC(=O)Nc1ccc(Oc2ncc3ccc(F)cc3n2)cc1.O=C(Nc1ccc(Oc2ncc3ccc(F)cc3n2)cc1)Nc1ccc(Cl)c(C(F)(F)F)c1. The molecule has 0 fully saturated rings. The highest BCUT2D eigenvalue weighted by Gasteiger charge is 2.33. The number of nitrogens with one attached hydrogen (secondary N) is 3. The summed E-state index contributed by atoms with van der Waals surface area (Å²) in [4.78, 5) is 39.3. The van der Waals surface area contributed by atoms with Crippen molar-refractivity contribution in [1.82, 2.24) is 19.9 Å². The van der Waals surface area contributed by atoms with Crippen LogP contribution in [0.5, 0.6) is 23.5 Å². The average molecular weight is 775 g/mol. The van der Waals surface area contributed by atoms with Gasteiger partial charge in [0, 0.05) is 52.4 Å². The molecule has 0 radical (unpaired) electrons. The van der Waals surface area contributed by atoms with E-state index in [1.165, 1.54) is 60.8 Å². The molecule has 2 heterocycles. The molecule has 0 spiro atoms. The first-order chi connectivity index (χ1) is 26.3. The molecule has 5 aromatic carbocycles. The normalized spacial score (nSPS) is 10.9. The van der Waals surface area contributed by atoms with E-state index in [1.807, 2.05) is 0 Å². The molecule has 0 saturated heterocycles. The molecule has 0 aliphatic rings. The van der Waals surface area contributed by atoms with Gasteiger partial charge in [-0.3, -0.25) is 0 Å². The number of hydrogen-bond acceptors (Lipinski definition) is 8. The van der Waals surface area contributed by atoms with Crippen LogP contribution in [0.15, 0.2) is 116 Å². The topological polar surface area (TPSA) is 166 Å². The lowest BCUT2D eigenvalue weighted by molar-refractivity contribution is -0.137. The molecule has 12 nitrogen and oxygen atoms in total. The van der Waals surface area contributed by atoms with Gasteiger partial charge in [-0.15, -0.1) is 0 Å². The Balaban J connectivity index is 0.000000203. The molecular weight excluding hydrogens is 751 g/mol. The van der Waals surface area contributed by atoms with Crippen molar-refractivity contribution in [2.24, 2.45) is 5.73 Å². The number of nitrogens with zero attached hydrogens (tertiary/aromatic N) is 4. The highest BCUT2D eigenvalue weighted by Crippen LogP contribution is 2.36. The minimum absolute atomic E-state index is 0.00904. The Labute approximate surface area is 312 Å². The molecule has 0 bridgehead atoms. The van der Waals surface area contributed by atoms with E-state index in [4.69, 9.17) is 26.8 Å². The van der Waals surface area contributed by atoms with Gasteiger partial charge in [-0.25, -0.2) is 28.3 Å². The molecule has 18 heteroatoms. The third-order valence-electron chi connectivity index (χ3n) is 7.23. The first-order valence-corrected chi connectivity index (χ1v) is 16.1. The van der Waals surface area contributed by atoms with Gasteiger partial charge in [-0.05, 0) is 91.0 Å². The zero-order chi connectivity index (χ0) is 39.1. The molecule has 0 unspecified atom stereocenters. The largest absolute Gasteiger partial charge is 0.424 e. The number of alkyl halides is 3. The molecule has 7 rings (SSSR count). The lowest BCUT2D eigenvalue weighted by atomic mass is 10.2. The van der Waals surface area contributed by atoms with Crippen LogP contribution in [0, 0.1) is 11.6 Å². The number of hydrogen-bond donors (Lipinski definition) is 4. The standard InChI is InChI=1S/C22H13ClF4N4O2.C15H11FN4O2/c23-18-8-5-15(10-17(18)22(25,26)27)30-20(32)29-14-3-6-16(7-4-14)33-21-28-11-12-1-2-13(24)9-19(12)31-21;16-10-2-1-9-8-18-15(20-13(9)7-10)22-12-5-3-11(4-6-12)19-14(17)21/h1-11H,(H2,29,30,32);1-8H,(H3,17,19,21). The Kier molecular flexibility index (Phi) is 11.1. The quantitative estimate of drug-likeness (QED) is 0.116. The maximum absolute atomic E-state index is 13.4. The number of nitrogens with two attached hydrogens (primary N) is 1. The van der Waals surface area contributed by atoms with Gasteiger partial charge < -0.3 is 31.2 Å². The molecule has 4 amide bonds. The Morgan fingerprint density at radius 1 is 0.618 bits per heavy atom. The number of amides is 4. The fourth-order valence-electron chi connectivity index (χ4n) is 4.74. The van der Waals surface area contributed by atoms with Gasteiger partial charge in [-0.2, -0.15) is 23.1 Å². The molecule has 278 valence electrons. The van der Waals surface area contributed by atoms with Crippen molar-refractivity contribution in [3.63, 3.8) is 0 Å². The predicted molar refractivity (Wildman–Crippen MR) is 194 cm³/mol. The van der Waals surface area contributed by atoms with Gasteiger partial charge in [0.15, 0.2) is 0 Å². The number of aromatic nitrogens is 4. The number of carbonyl (C=O) groups excluding carboxylic acids is 2. The number of urea groups is 2. The third kappa shape index (κ3) is 10.3. The Morgan fingerprint density at radius 2 is 1.07 bits per heavy atom. The van der Waals surface area contributed by atoms with Crippen molar-refractivity contribution >= 4 is 62.5 Å². The van der Waals surface area contributed by atoms with E-state index in [2.05, 4.69) is 35.9 Å². The van der Waals surface area contributed by atoms with Crippen LogP contribution < -0.4 is 31.2 Å². The molecule has 55 heavy (non-hydrogen) atoms. The molecule has 0 aliphatic carbocycles. The van der Waals surface area contributed by atoms with Crippen LogP contribution >= 0.6 is 11.6 Å².